The van der Waals surface area contributed by atoms with Gasteiger partial charge in [-0.05, 0) is 19.8 Å². The molecule has 0 spiro atoms. The fourth-order valence-corrected chi connectivity index (χ4v) is 1.92. The number of hydrogen-bond donors (Lipinski definition) is 2. The van der Waals surface area contributed by atoms with E-state index in [1.807, 2.05) is 0 Å². The number of carbonyl (C=O) groups is 1. The van der Waals surface area contributed by atoms with Gasteiger partial charge in [-0.2, -0.15) is 0 Å². The van der Waals surface area contributed by atoms with Gasteiger partial charge in [0, 0.05) is 32.6 Å². The number of amides is 1. The number of aliphatic hydroxyl groups excluding tert-OH is 1. The Morgan fingerprint density at radius 2 is 2.14 bits per heavy atom. The van der Waals surface area contributed by atoms with E-state index in [-0.39, 0.29) is 12.0 Å². The van der Waals surface area contributed by atoms with E-state index in [0.29, 0.717) is 6.04 Å². The third-order valence-electron chi connectivity index (χ3n) is 2.52. The molecule has 0 saturated carbocycles. The van der Waals surface area contributed by atoms with Gasteiger partial charge in [-0.3, -0.25) is 4.79 Å². The first-order chi connectivity index (χ1) is 6.58. The summed E-state index contributed by atoms with van der Waals surface area (Å²) in [6.07, 6.45) is 1.73. The number of nitrogens with one attached hydrogen (secondary N) is 1. The number of piperidine rings is 1. The van der Waals surface area contributed by atoms with Gasteiger partial charge in [0.25, 0.3) is 0 Å². The molecule has 1 fully saturated rings. The van der Waals surface area contributed by atoms with Gasteiger partial charge in [-0.25, -0.2) is 0 Å². The summed E-state index contributed by atoms with van der Waals surface area (Å²) in [6.45, 7) is 6.04. The van der Waals surface area contributed by atoms with Gasteiger partial charge in [0.15, 0.2) is 0 Å². The smallest absolute Gasteiger partial charge is 0.217 e. The van der Waals surface area contributed by atoms with Gasteiger partial charge < -0.3 is 15.3 Å². The molecule has 0 aliphatic carbocycles. The number of β-amino-alcohol motifs (C(OH)–C–C–N with tert-alkyl or cyclic N) is 1. The Kier molecular flexibility index (Phi) is 4.35. The number of carbonyl (C=O) groups excluding carboxylic acids is 1. The van der Waals surface area contributed by atoms with E-state index in [1.54, 1.807) is 13.8 Å². The number of hydrogen-bond acceptors (Lipinski definition) is 3. The van der Waals surface area contributed by atoms with Crippen molar-refractivity contribution >= 4 is 5.91 Å². The molecule has 4 heteroatoms. The van der Waals surface area contributed by atoms with Gasteiger partial charge in [-0.1, -0.05) is 0 Å². The summed E-state index contributed by atoms with van der Waals surface area (Å²) in [5.41, 5.74) is 0. The van der Waals surface area contributed by atoms with Gasteiger partial charge in [0.05, 0.1) is 6.10 Å². The highest BCUT2D eigenvalue weighted by atomic mass is 16.3. The van der Waals surface area contributed by atoms with Crippen LogP contribution in [0.15, 0.2) is 0 Å². The molecule has 4 nitrogen and oxygen atoms in total. The van der Waals surface area contributed by atoms with Crippen LogP contribution >= 0.6 is 0 Å². The van der Waals surface area contributed by atoms with Gasteiger partial charge >= 0.3 is 0 Å². The lowest BCUT2D eigenvalue weighted by Crippen LogP contribution is -2.45. The van der Waals surface area contributed by atoms with Crippen molar-refractivity contribution in [2.75, 3.05) is 19.6 Å². The molecular formula is C10H20N2O2. The first-order valence-electron chi connectivity index (χ1n) is 5.25. The second-order valence-electron chi connectivity index (χ2n) is 4.12. The summed E-state index contributed by atoms with van der Waals surface area (Å²) in [5, 5.41) is 12.1. The zero-order chi connectivity index (χ0) is 10.6. The molecule has 82 valence electrons. The highest BCUT2D eigenvalue weighted by Crippen LogP contribution is 2.10. The zero-order valence-corrected chi connectivity index (χ0v) is 8.99. The second-order valence-corrected chi connectivity index (χ2v) is 4.12. The summed E-state index contributed by atoms with van der Waals surface area (Å²) in [5.74, 6) is 0.0546. The van der Waals surface area contributed by atoms with Crippen LogP contribution in [0.5, 0.6) is 0 Å². The molecule has 1 heterocycles. The molecule has 0 aromatic rings. The first-order valence-corrected chi connectivity index (χ1v) is 5.25. The molecule has 0 aromatic heterocycles. The van der Waals surface area contributed by atoms with Crippen LogP contribution in [-0.4, -0.2) is 47.7 Å². The lowest BCUT2D eigenvalue weighted by molar-refractivity contribution is -0.120. The Morgan fingerprint density at radius 3 is 2.57 bits per heavy atom. The van der Waals surface area contributed by atoms with Crippen molar-refractivity contribution in [3.05, 3.63) is 0 Å². The summed E-state index contributed by atoms with van der Waals surface area (Å²) in [7, 11) is 0. The molecule has 1 aliphatic rings. The van der Waals surface area contributed by atoms with Crippen molar-refractivity contribution in [2.45, 2.75) is 38.8 Å². The third kappa shape index (κ3) is 4.07. The Balaban J connectivity index is 2.21. The Labute approximate surface area is 85.3 Å². The average molecular weight is 200 g/mol. The predicted octanol–water partition coefficient (Wildman–Crippen LogP) is -0.0323. The highest BCUT2D eigenvalue weighted by Gasteiger charge is 2.19. The molecule has 1 rings (SSSR count). The molecule has 0 radical (unpaired) electrons. The van der Waals surface area contributed by atoms with Crippen LogP contribution in [0.3, 0.4) is 0 Å². The van der Waals surface area contributed by atoms with Crippen molar-refractivity contribution < 1.29 is 9.90 Å². The van der Waals surface area contributed by atoms with Crippen molar-refractivity contribution in [1.29, 1.82) is 0 Å². The van der Waals surface area contributed by atoms with Gasteiger partial charge in [-0.15, -0.1) is 0 Å². The van der Waals surface area contributed by atoms with Gasteiger partial charge in [0.1, 0.15) is 0 Å². The Morgan fingerprint density at radius 1 is 1.57 bits per heavy atom. The molecule has 1 aliphatic heterocycles. The monoisotopic (exact) mass is 200 g/mol. The molecule has 1 atom stereocenters. The van der Waals surface area contributed by atoms with Crippen LogP contribution in [0.4, 0.5) is 0 Å². The number of likely N-dealkylation sites (tertiary alicyclic amines) is 1. The Hall–Kier alpha value is -0.610. The second kappa shape index (κ2) is 5.32. The number of rotatable bonds is 3. The van der Waals surface area contributed by atoms with E-state index >= 15 is 0 Å². The van der Waals surface area contributed by atoms with Crippen LogP contribution in [-0.2, 0) is 4.79 Å². The SMILES string of the molecule is CC(=O)NC1CCN(C[C@H](C)O)CC1. The minimum atomic E-state index is -0.257. The average Bonchev–Trinajstić information content (AvgIpc) is 2.06. The maximum absolute atomic E-state index is 10.8. The number of nitrogens with zero attached hydrogens (tertiary/aromatic N) is 1. The molecular weight excluding hydrogens is 180 g/mol. The van der Waals surface area contributed by atoms with Crippen molar-refractivity contribution in [1.82, 2.24) is 10.2 Å². The summed E-state index contributed by atoms with van der Waals surface area (Å²) >= 11 is 0. The molecule has 14 heavy (non-hydrogen) atoms. The van der Waals surface area contributed by atoms with E-state index in [0.717, 1.165) is 32.5 Å². The summed E-state index contributed by atoms with van der Waals surface area (Å²) < 4.78 is 0. The normalized spacial score (nSPS) is 21.9. The van der Waals surface area contributed by atoms with Gasteiger partial charge in [0.2, 0.25) is 5.91 Å². The van der Waals surface area contributed by atoms with Crippen LogP contribution in [0.1, 0.15) is 26.7 Å². The van der Waals surface area contributed by atoms with Crippen LogP contribution in [0.2, 0.25) is 0 Å². The number of aliphatic hydroxyl groups is 1. The van der Waals surface area contributed by atoms with Crippen LogP contribution < -0.4 is 5.32 Å². The maximum atomic E-state index is 10.8. The molecule has 0 bridgehead atoms. The maximum Gasteiger partial charge on any atom is 0.217 e. The van der Waals surface area contributed by atoms with Crippen LogP contribution in [0, 0.1) is 0 Å². The van der Waals surface area contributed by atoms with E-state index in [1.165, 1.54) is 0 Å². The fourth-order valence-electron chi connectivity index (χ4n) is 1.92. The van der Waals surface area contributed by atoms with E-state index in [2.05, 4.69) is 10.2 Å². The summed E-state index contributed by atoms with van der Waals surface area (Å²) in [6, 6.07) is 0.331. The third-order valence-corrected chi connectivity index (χ3v) is 2.52. The van der Waals surface area contributed by atoms with Crippen LogP contribution in [0.25, 0.3) is 0 Å². The molecule has 1 saturated heterocycles. The first kappa shape index (κ1) is 11.5. The van der Waals surface area contributed by atoms with E-state index in [9.17, 15) is 9.90 Å². The fraction of sp³-hybridized carbons (Fsp3) is 0.900. The molecule has 1 amide bonds. The topological polar surface area (TPSA) is 52.6 Å². The minimum absolute atomic E-state index is 0.0546. The van der Waals surface area contributed by atoms with Crippen molar-refractivity contribution in [3.63, 3.8) is 0 Å². The lowest BCUT2D eigenvalue weighted by Gasteiger charge is -2.32. The predicted molar refractivity (Wildman–Crippen MR) is 55.0 cm³/mol. The standard InChI is InChI=1S/C10H20N2O2/c1-8(13)7-12-5-3-10(4-6-12)11-9(2)14/h8,10,13H,3-7H2,1-2H3,(H,11,14)/t8-/m0/s1. The largest absolute Gasteiger partial charge is 0.392 e. The van der Waals surface area contributed by atoms with E-state index < -0.39 is 0 Å². The lowest BCUT2D eigenvalue weighted by atomic mass is 10.0. The zero-order valence-electron chi connectivity index (χ0n) is 8.99. The minimum Gasteiger partial charge on any atom is -0.392 e. The highest BCUT2D eigenvalue weighted by molar-refractivity contribution is 5.73. The quantitative estimate of drug-likeness (QED) is 0.672. The van der Waals surface area contributed by atoms with E-state index in [4.69, 9.17) is 0 Å². The summed E-state index contributed by atoms with van der Waals surface area (Å²) in [4.78, 5) is 13.0. The molecule has 2 N–H and O–H groups in total. The Bertz CT molecular complexity index is 187. The molecule has 0 unspecified atom stereocenters. The van der Waals surface area contributed by atoms with Crippen molar-refractivity contribution in [2.24, 2.45) is 0 Å². The molecule has 0 aromatic carbocycles. The van der Waals surface area contributed by atoms with Crippen molar-refractivity contribution in [3.8, 4) is 0 Å².